The number of aryl methyl sites for hydroxylation is 1. The summed E-state index contributed by atoms with van der Waals surface area (Å²) in [7, 11) is 0. The first-order valence-corrected chi connectivity index (χ1v) is 9.03. The predicted molar refractivity (Wildman–Crippen MR) is 99.2 cm³/mol. The molecule has 1 aliphatic rings. The Hall–Kier alpha value is -2.62. The third-order valence-corrected chi connectivity index (χ3v) is 4.93. The molecule has 0 spiro atoms. The van der Waals surface area contributed by atoms with E-state index in [2.05, 4.69) is 41.8 Å². The van der Waals surface area contributed by atoms with Gasteiger partial charge in [-0.05, 0) is 24.1 Å². The Balaban J connectivity index is 1.61. The van der Waals surface area contributed by atoms with Crippen LogP contribution >= 0.6 is 0 Å². The first-order chi connectivity index (χ1) is 12.3. The Kier molecular flexibility index (Phi) is 4.26. The molecule has 0 saturated carbocycles. The quantitative estimate of drug-likeness (QED) is 0.709. The minimum absolute atomic E-state index is 0.176. The number of para-hydroxylation sites is 2. The molecule has 1 unspecified atom stereocenters. The van der Waals surface area contributed by atoms with Gasteiger partial charge in [0.1, 0.15) is 5.82 Å². The van der Waals surface area contributed by atoms with E-state index < -0.39 is 0 Å². The van der Waals surface area contributed by atoms with E-state index in [1.165, 1.54) is 11.1 Å². The van der Waals surface area contributed by atoms with Gasteiger partial charge in [-0.25, -0.2) is 4.98 Å². The lowest BCUT2D eigenvalue weighted by Gasteiger charge is -2.17. The fraction of sp³-hybridized carbons (Fsp3) is 0.333. The molecular formula is C21H23N3O. The highest BCUT2D eigenvalue weighted by atomic mass is 16.2. The fourth-order valence-electron chi connectivity index (χ4n) is 3.77. The van der Waals surface area contributed by atoms with Crippen LogP contribution in [0.1, 0.15) is 37.1 Å². The van der Waals surface area contributed by atoms with Crippen molar-refractivity contribution >= 4 is 16.9 Å². The van der Waals surface area contributed by atoms with Crippen LogP contribution in [0.25, 0.3) is 11.0 Å². The second-order valence-electron chi connectivity index (χ2n) is 6.77. The molecule has 1 atom stereocenters. The Morgan fingerprint density at radius 1 is 1.08 bits per heavy atom. The van der Waals surface area contributed by atoms with E-state index in [1.54, 1.807) is 0 Å². The number of imidazole rings is 1. The molecule has 1 aromatic heterocycles. The SMILES string of the molecule is CCCn1c(C2CC(=O)N(Cc3ccccc3)C2)nc2ccccc21. The number of hydrogen-bond donors (Lipinski definition) is 0. The van der Waals surface area contributed by atoms with Crippen LogP contribution in [-0.4, -0.2) is 26.9 Å². The molecule has 1 aliphatic heterocycles. The molecular weight excluding hydrogens is 310 g/mol. The van der Waals surface area contributed by atoms with Gasteiger partial charge < -0.3 is 9.47 Å². The van der Waals surface area contributed by atoms with E-state index in [1.807, 2.05) is 29.2 Å². The Morgan fingerprint density at radius 2 is 1.84 bits per heavy atom. The van der Waals surface area contributed by atoms with Crippen LogP contribution < -0.4 is 0 Å². The number of benzene rings is 2. The number of aromatic nitrogens is 2. The van der Waals surface area contributed by atoms with Gasteiger partial charge in [0.2, 0.25) is 5.91 Å². The lowest BCUT2D eigenvalue weighted by molar-refractivity contribution is -0.128. The fourth-order valence-corrected chi connectivity index (χ4v) is 3.77. The minimum atomic E-state index is 0.176. The van der Waals surface area contributed by atoms with Crippen molar-refractivity contribution in [1.29, 1.82) is 0 Å². The van der Waals surface area contributed by atoms with Crippen LogP contribution in [0.5, 0.6) is 0 Å². The maximum Gasteiger partial charge on any atom is 0.223 e. The van der Waals surface area contributed by atoms with Crippen LogP contribution in [0.3, 0.4) is 0 Å². The van der Waals surface area contributed by atoms with Gasteiger partial charge in [0.15, 0.2) is 0 Å². The molecule has 1 saturated heterocycles. The van der Waals surface area contributed by atoms with Crippen LogP contribution in [0.2, 0.25) is 0 Å². The van der Waals surface area contributed by atoms with Crippen molar-refractivity contribution in [3.8, 4) is 0 Å². The van der Waals surface area contributed by atoms with Crippen LogP contribution in [0.4, 0.5) is 0 Å². The maximum atomic E-state index is 12.5. The highest BCUT2D eigenvalue weighted by Gasteiger charge is 2.33. The maximum absolute atomic E-state index is 12.5. The van der Waals surface area contributed by atoms with E-state index in [-0.39, 0.29) is 11.8 Å². The van der Waals surface area contributed by atoms with Crippen molar-refractivity contribution in [3.63, 3.8) is 0 Å². The second-order valence-corrected chi connectivity index (χ2v) is 6.77. The van der Waals surface area contributed by atoms with Crippen molar-refractivity contribution in [2.24, 2.45) is 0 Å². The molecule has 4 nitrogen and oxygen atoms in total. The van der Waals surface area contributed by atoms with E-state index >= 15 is 0 Å². The average Bonchev–Trinajstić information content (AvgIpc) is 3.18. The molecule has 0 radical (unpaired) electrons. The number of rotatable bonds is 5. The summed E-state index contributed by atoms with van der Waals surface area (Å²) in [6.07, 6.45) is 1.61. The summed E-state index contributed by atoms with van der Waals surface area (Å²) in [5, 5.41) is 0. The predicted octanol–water partition coefficient (Wildman–Crippen LogP) is 3.96. The molecule has 0 N–H and O–H groups in total. The molecule has 128 valence electrons. The largest absolute Gasteiger partial charge is 0.338 e. The summed E-state index contributed by atoms with van der Waals surface area (Å²) in [4.78, 5) is 19.4. The van der Waals surface area contributed by atoms with Gasteiger partial charge >= 0.3 is 0 Å². The summed E-state index contributed by atoms with van der Waals surface area (Å²) in [6, 6.07) is 18.5. The zero-order valence-corrected chi connectivity index (χ0v) is 14.6. The number of nitrogens with zero attached hydrogens (tertiary/aromatic N) is 3. The van der Waals surface area contributed by atoms with Gasteiger partial charge in [-0.3, -0.25) is 4.79 Å². The third-order valence-electron chi connectivity index (χ3n) is 4.93. The minimum Gasteiger partial charge on any atom is -0.338 e. The van der Waals surface area contributed by atoms with Crippen molar-refractivity contribution < 1.29 is 4.79 Å². The molecule has 3 aromatic rings. The van der Waals surface area contributed by atoms with Gasteiger partial charge in [-0.15, -0.1) is 0 Å². The first kappa shape index (κ1) is 15.9. The molecule has 0 bridgehead atoms. The topological polar surface area (TPSA) is 38.1 Å². The van der Waals surface area contributed by atoms with Gasteiger partial charge in [0.25, 0.3) is 0 Å². The van der Waals surface area contributed by atoms with Gasteiger partial charge in [-0.1, -0.05) is 49.4 Å². The number of amides is 1. The zero-order valence-electron chi connectivity index (χ0n) is 14.6. The number of carbonyl (C=O) groups excluding carboxylic acids is 1. The monoisotopic (exact) mass is 333 g/mol. The molecule has 4 rings (SSSR count). The Morgan fingerprint density at radius 3 is 2.64 bits per heavy atom. The van der Waals surface area contributed by atoms with Crippen molar-refractivity contribution in [1.82, 2.24) is 14.5 Å². The van der Waals surface area contributed by atoms with E-state index in [0.717, 1.165) is 30.9 Å². The number of likely N-dealkylation sites (tertiary alicyclic amines) is 1. The van der Waals surface area contributed by atoms with Crippen LogP contribution in [0, 0.1) is 0 Å². The first-order valence-electron chi connectivity index (χ1n) is 9.03. The van der Waals surface area contributed by atoms with E-state index in [9.17, 15) is 4.79 Å². The second kappa shape index (κ2) is 6.71. The summed E-state index contributed by atoms with van der Waals surface area (Å²) < 4.78 is 2.30. The van der Waals surface area contributed by atoms with Crippen molar-refractivity contribution in [2.75, 3.05) is 6.54 Å². The van der Waals surface area contributed by atoms with Crippen molar-refractivity contribution in [3.05, 3.63) is 66.0 Å². The number of carbonyl (C=O) groups is 1. The normalized spacial score (nSPS) is 17.6. The van der Waals surface area contributed by atoms with E-state index in [4.69, 9.17) is 4.98 Å². The third kappa shape index (κ3) is 3.04. The van der Waals surface area contributed by atoms with Crippen LogP contribution in [0.15, 0.2) is 54.6 Å². The van der Waals surface area contributed by atoms with Gasteiger partial charge in [0.05, 0.1) is 11.0 Å². The lowest BCUT2D eigenvalue weighted by Crippen LogP contribution is -2.24. The smallest absolute Gasteiger partial charge is 0.223 e. The highest BCUT2D eigenvalue weighted by Crippen LogP contribution is 2.31. The molecule has 2 heterocycles. The Bertz CT molecular complexity index is 885. The zero-order chi connectivity index (χ0) is 17.2. The molecule has 0 aliphatic carbocycles. The summed E-state index contributed by atoms with van der Waals surface area (Å²) in [6.45, 7) is 4.56. The highest BCUT2D eigenvalue weighted by molar-refractivity contribution is 5.81. The Labute approximate surface area is 148 Å². The molecule has 4 heteroatoms. The molecule has 1 fully saturated rings. The summed E-state index contributed by atoms with van der Waals surface area (Å²) >= 11 is 0. The summed E-state index contributed by atoms with van der Waals surface area (Å²) in [5.74, 6) is 1.46. The van der Waals surface area contributed by atoms with Gasteiger partial charge in [0, 0.05) is 32.0 Å². The molecule has 2 aromatic carbocycles. The van der Waals surface area contributed by atoms with Gasteiger partial charge in [-0.2, -0.15) is 0 Å². The van der Waals surface area contributed by atoms with Crippen LogP contribution in [-0.2, 0) is 17.9 Å². The lowest BCUT2D eigenvalue weighted by atomic mass is 10.1. The molecule has 1 amide bonds. The number of hydrogen-bond acceptors (Lipinski definition) is 2. The molecule has 25 heavy (non-hydrogen) atoms. The van der Waals surface area contributed by atoms with Crippen molar-refractivity contribution in [2.45, 2.75) is 38.8 Å². The number of fused-ring (bicyclic) bond motifs is 1. The summed E-state index contributed by atoms with van der Waals surface area (Å²) in [5.41, 5.74) is 3.38. The average molecular weight is 333 g/mol. The van der Waals surface area contributed by atoms with E-state index in [0.29, 0.717) is 13.0 Å². The standard InChI is InChI=1S/C21H23N3O/c1-2-12-24-19-11-7-6-10-18(19)22-21(24)17-13-20(25)23(15-17)14-16-8-4-3-5-9-16/h3-11,17H,2,12-15H2,1H3.